The zero-order chi connectivity index (χ0) is 22.1. The third kappa shape index (κ3) is 4.13. The molecule has 0 radical (unpaired) electrons. The highest BCUT2D eigenvalue weighted by molar-refractivity contribution is 7.93. The van der Waals surface area contributed by atoms with E-state index in [1.807, 2.05) is 0 Å². The molecule has 1 amide bonds. The molecule has 0 fully saturated rings. The van der Waals surface area contributed by atoms with Crippen molar-refractivity contribution in [3.05, 3.63) is 83.7 Å². The molecular weight excluding hydrogens is 421 g/mol. The van der Waals surface area contributed by atoms with Crippen molar-refractivity contribution in [1.29, 1.82) is 0 Å². The van der Waals surface area contributed by atoms with E-state index >= 15 is 0 Å². The number of aromatic nitrogens is 1. The molecule has 0 bridgehead atoms. The second kappa shape index (κ2) is 7.79. The Bertz CT molecular complexity index is 1170. The third-order valence-electron chi connectivity index (χ3n) is 4.19. The normalized spacial score (nSPS) is 11.9. The second-order valence-electron chi connectivity index (χ2n) is 6.35. The number of benzene rings is 2. The summed E-state index contributed by atoms with van der Waals surface area (Å²) in [6.07, 6.45) is -3.91. The number of carbonyl (C=O) groups excluding carboxylic acids is 2. The lowest BCUT2D eigenvalue weighted by molar-refractivity contribution is -0.169. The predicted molar refractivity (Wildman–Crippen MR) is 103 cm³/mol. The minimum absolute atomic E-state index is 0.105. The molecule has 3 rings (SSSR count). The summed E-state index contributed by atoms with van der Waals surface area (Å²) >= 11 is 0. The van der Waals surface area contributed by atoms with Gasteiger partial charge in [-0.25, -0.2) is 8.42 Å². The molecule has 30 heavy (non-hydrogen) atoms. The third-order valence-corrected chi connectivity index (χ3v) is 5.92. The number of nitrogens with one attached hydrogen (secondary N) is 1. The van der Waals surface area contributed by atoms with E-state index in [4.69, 9.17) is 0 Å². The summed E-state index contributed by atoms with van der Waals surface area (Å²) in [6.45, 7) is 1.68. The molecule has 1 N–H and O–H groups in total. The molecule has 6 nitrogen and oxygen atoms in total. The van der Waals surface area contributed by atoms with Crippen molar-refractivity contribution in [3.8, 4) is 0 Å². The van der Waals surface area contributed by atoms with Gasteiger partial charge in [-0.05, 0) is 55.5 Å². The van der Waals surface area contributed by atoms with Gasteiger partial charge in [0.05, 0.1) is 16.3 Å². The van der Waals surface area contributed by atoms with Crippen LogP contribution in [0.25, 0.3) is 0 Å². The zero-order valence-electron chi connectivity index (χ0n) is 15.5. The van der Waals surface area contributed by atoms with E-state index < -0.39 is 38.5 Å². The number of carbonyl (C=O) groups is 2. The summed E-state index contributed by atoms with van der Waals surface area (Å²) < 4.78 is 65.0. The summed E-state index contributed by atoms with van der Waals surface area (Å²) in [5, 5.41) is 0. The first-order valence-corrected chi connectivity index (χ1v) is 9.97. The summed E-state index contributed by atoms with van der Waals surface area (Å²) in [6, 6.07) is 12.4. The van der Waals surface area contributed by atoms with Gasteiger partial charge >= 0.3 is 12.1 Å². The zero-order valence-corrected chi connectivity index (χ0v) is 16.3. The number of rotatable bonds is 5. The molecule has 1 heterocycles. The number of ketones is 1. The topological polar surface area (TPSA) is 87.3 Å². The van der Waals surface area contributed by atoms with Crippen LogP contribution in [0.2, 0.25) is 0 Å². The lowest BCUT2D eigenvalue weighted by Gasteiger charge is -2.23. The van der Waals surface area contributed by atoms with Crippen molar-refractivity contribution in [3.63, 3.8) is 0 Å². The van der Waals surface area contributed by atoms with Crippen LogP contribution in [0.15, 0.2) is 71.8 Å². The molecule has 156 valence electrons. The van der Waals surface area contributed by atoms with Crippen LogP contribution in [-0.4, -0.2) is 31.3 Å². The smallest absolute Gasteiger partial charge is 0.359 e. The van der Waals surface area contributed by atoms with Crippen molar-refractivity contribution in [2.24, 2.45) is 0 Å². The van der Waals surface area contributed by atoms with Gasteiger partial charge in [-0.2, -0.15) is 17.5 Å². The van der Waals surface area contributed by atoms with E-state index in [0.717, 1.165) is 36.4 Å². The van der Waals surface area contributed by atoms with E-state index in [1.165, 1.54) is 24.4 Å². The van der Waals surface area contributed by atoms with Crippen molar-refractivity contribution in [1.82, 2.24) is 4.98 Å². The predicted octanol–water partition coefficient (Wildman–Crippen LogP) is 3.84. The highest BCUT2D eigenvalue weighted by Gasteiger charge is 2.48. The van der Waals surface area contributed by atoms with Gasteiger partial charge in [0.25, 0.3) is 10.0 Å². The van der Waals surface area contributed by atoms with Crippen LogP contribution in [0.4, 0.5) is 18.9 Å². The fraction of sp³-hybridized carbons (Fsp3) is 0.100. The summed E-state index contributed by atoms with van der Waals surface area (Å²) in [7, 11) is -4.86. The molecule has 0 saturated heterocycles. The first-order valence-electron chi connectivity index (χ1n) is 8.53. The fourth-order valence-electron chi connectivity index (χ4n) is 2.67. The largest absolute Gasteiger partial charge is 0.472 e. The minimum Gasteiger partial charge on any atom is -0.359 e. The van der Waals surface area contributed by atoms with E-state index in [9.17, 15) is 31.2 Å². The Kier molecular flexibility index (Phi) is 5.53. The van der Waals surface area contributed by atoms with Gasteiger partial charge in [-0.1, -0.05) is 17.7 Å². The minimum atomic E-state index is -5.43. The standard InChI is InChI=1S/C20H15F3N2O4S/c1-13-4-10-16(11-5-13)30(28,29)25(19(27)20(21,22)23)15-8-6-14(7-9-15)18(26)17-3-2-12-24-17/h2-12,24H,1H3. The number of hydrogen-bond donors (Lipinski definition) is 1. The van der Waals surface area contributed by atoms with Crippen LogP contribution in [-0.2, 0) is 14.8 Å². The number of anilines is 1. The molecule has 1 aromatic heterocycles. The molecule has 0 aliphatic heterocycles. The Balaban J connectivity index is 2.06. The Morgan fingerprint density at radius 2 is 1.53 bits per heavy atom. The van der Waals surface area contributed by atoms with Gasteiger partial charge in [0.15, 0.2) is 0 Å². The molecular formula is C20H15F3N2O4S. The van der Waals surface area contributed by atoms with Gasteiger partial charge in [0, 0.05) is 11.8 Å². The molecule has 0 aliphatic rings. The average molecular weight is 436 g/mol. The van der Waals surface area contributed by atoms with E-state index in [2.05, 4.69) is 4.98 Å². The Labute approximate surface area is 170 Å². The molecule has 0 spiro atoms. The molecule has 2 aromatic carbocycles. The van der Waals surface area contributed by atoms with Gasteiger partial charge in [-0.3, -0.25) is 9.59 Å². The number of H-pyrrole nitrogens is 1. The van der Waals surface area contributed by atoms with Gasteiger partial charge in [0.2, 0.25) is 5.78 Å². The highest BCUT2D eigenvalue weighted by Crippen LogP contribution is 2.30. The number of amides is 1. The van der Waals surface area contributed by atoms with E-state index in [1.54, 1.807) is 13.0 Å². The van der Waals surface area contributed by atoms with Crippen molar-refractivity contribution in [2.75, 3.05) is 4.31 Å². The van der Waals surface area contributed by atoms with Crippen LogP contribution in [0, 0.1) is 6.92 Å². The maximum absolute atomic E-state index is 13.2. The fourth-order valence-corrected chi connectivity index (χ4v) is 4.08. The van der Waals surface area contributed by atoms with Crippen LogP contribution in [0.3, 0.4) is 0 Å². The molecule has 0 unspecified atom stereocenters. The van der Waals surface area contributed by atoms with E-state index in [0.29, 0.717) is 5.56 Å². The lowest BCUT2D eigenvalue weighted by atomic mass is 10.1. The Morgan fingerprint density at radius 3 is 2.03 bits per heavy atom. The van der Waals surface area contributed by atoms with Crippen LogP contribution < -0.4 is 4.31 Å². The maximum atomic E-state index is 13.2. The van der Waals surface area contributed by atoms with Gasteiger partial charge in [0.1, 0.15) is 0 Å². The van der Waals surface area contributed by atoms with E-state index in [-0.39, 0.29) is 15.6 Å². The number of alkyl halides is 3. The van der Waals surface area contributed by atoms with Gasteiger partial charge < -0.3 is 4.98 Å². The SMILES string of the molecule is Cc1ccc(S(=O)(=O)N(C(=O)C(F)(F)F)c2ccc(C(=O)c3ccc[nH]3)cc2)cc1. The number of sulfonamides is 1. The van der Waals surface area contributed by atoms with Crippen molar-refractivity contribution >= 4 is 27.4 Å². The lowest BCUT2D eigenvalue weighted by Crippen LogP contribution is -2.45. The molecule has 10 heteroatoms. The quantitative estimate of drug-likeness (QED) is 0.616. The molecule has 0 aliphatic carbocycles. The number of hydrogen-bond acceptors (Lipinski definition) is 4. The van der Waals surface area contributed by atoms with Crippen LogP contribution >= 0.6 is 0 Å². The first-order chi connectivity index (χ1) is 14.0. The Morgan fingerprint density at radius 1 is 0.933 bits per heavy atom. The second-order valence-corrected chi connectivity index (χ2v) is 8.13. The molecule has 3 aromatic rings. The summed E-state index contributed by atoms with van der Waals surface area (Å²) in [5.74, 6) is -3.01. The molecule has 0 saturated carbocycles. The average Bonchev–Trinajstić information content (AvgIpc) is 3.22. The number of aryl methyl sites for hydroxylation is 1. The number of nitrogens with zero attached hydrogens (tertiary/aromatic N) is 1. The highest BCUT2D eigenvalue weighted by atomic mass is 32.2. The van der Waals surface area contributed by atoms with Gasteiger partial charge in [-0.15, -0.1) is 0 Å². The first kappa shape index (κ1) is 21.3. The maximum Gasteiger partial charge on any atom is 0.472 e. The monoisotopic (exact) mass is 436 g/mol. The van der Waals surface area contributed by atoms with Crippen molar-refractivity contribution < 1.29 is 31.2 Å². The van der Waals surface area contributed by atoms with Crippen LogP contribution in [0.1, 0.15) is 21.6 Å². The summed E-state index contributed by atoms with van der Waals surface area (Å²) in [5.41, 5.74) is 0.502. The number of aromatic amines is 1. The molecule has 0 atom stereocenters. The van der Waals surface area contributed by atoms with Crippen molar-refractivity contribution in [2.45, 2.75) is 18.0 Å². The Hall–Kier alpha value is -3.40. The van der Waals surface area contributed by atoms with Crippen LogP contribution in [0.5, 0.6) is 0 Å². The number of halogens is 3. The summed E-state index contributed by atoms with van der Waals surface area (Å²) in [4.78, 5) is 26.6.